The van der Waals surface area contributed by atoms with E-state index in [1.54, 1.807) is 31.4 Å². The molecule has 4 rings (SSSR count). The lowest BCUT2D eigenvalue weighted by atomic mass is 9.93. The van der Waals surface area contributed by atoms with Crippen LogP contribution in [0.5, 0.6) is 5.75 Å². The number of benzene rings is 1. The lowest BCUT2D eigenvalue weighted by molar-refractivity contribution is -0.911. The number of fused-ring (bicyclic) bond motifs is 1. The average Bonchev–Trinajstić information content (AvgIpc) is 3.16. The monoisotopic (exact) mass is 425 g/mol. The van der Waals surface area contributed by atoms with E-state index < -0.39 is 5.91 Å². The summed E-state index contributed by atoms with van der Waals surface area (Å²) in [6.45, 7) is 3.90. The van der Waals surface area contributed by atoms with Gasteiger partial charge in [-0.3, -0.25) is 14.7 Å². The number of nitrogens with one attached hydrogen (secondary N) is 1. The van der Waals surface area contributed by atoms with E-state index in [2.05, 4.69) is 5.32 Å². The molecule has 1 amide bonds. The van der Waals surface area contributed by atoms with Gasteiger partial charge in [0.05, 0.1) is 30.5 Å². The maximum atomic E-state index is 12.9. The molecule has 3 N–H and O–H groups in total. The molecule has 1 saturated carbocycles. The number of rotatable bonds is 5. The van der Waals surface area contributed by atoms with Crippen molar-refractivity contribution in [2.45, 2.75) is 57.6 Å². The SMILES string of the molecule is COc1cc2nn([C@H]3CC[C@@H](O)CC3)cc2cc1NC(=O)c1cccc(C(C)C)[n+]1O. The summed E-state index contributed by atoms with van der Waals surface area (Å²) >= 11 is 0. The molecule has 2 heterocycles. The fourth-order valence-corrected chi connectivity index (χ4v) is 4.16. The lowest BCUT2D eigenvalue weighted by Crippen LogP contribution is -2.43. The zero-order chi connectivity index (χ0) is 22.1. The number of carbonyl (C=O) groups is 1. The van der Waals surface area contributed by atoms with Gasteiger partial charge in [-0.2, -0.15) is 5.10 Å². The number of hydrogen-bond donors (Lipinski definition) is 3. The fourth-order valence-electron chi connectivity index (χ4n) is 4.16. The number of anilines is 1. The molecular weight excluding hydrogens is 396 g/mol. The summed E-state index contributed by atoms with van der Waals surface area (Å²) in [4.78, 5) is 12.9. The quantitative estimate of drug-likeness (QED) is 0.430. The second-order valence-corrected chi connectivity index (χ2v) is 8.44. The Bertz CT molecular complexity index is 1100. The van der Waals surface area contributed by atoms with Gasteiger partial charge in [0, 0.05) is 40.4 Å². The molecule has 3 aromatic rings. The van der Waals surface area contributed by atoms with Gasteiger partial charge in [0.15, 0.2) is 0 Å². The third-order valence-corrected chi connectivity index (χ3v) is 5.95. The van der Waals surface area contributed by atoms with Crippen molar-refractivity contribution in [3.63, 3.8) is 0 Å². The van der Waals surface area contributed by atoms with Crippen LogP contribution in [0.15, 0.2) is 36.5 Å². The summed E-state index contributed by atoms with van der Waals surface area (Å²) in [6.07, 6.45) is 5.09. The molecule has 8 nitrogen and oxygen atoms in total. The third-order valence-electron chi connectivity index (χ3n) is 5.95. The predicted molar refractivity (Wildman–Crippen MR) is 116 cm³/mol. The van der Waals surface area contributed by atoms with Gasteiger partial charge in [-0.15, -0.1) is 0 Å². The Labute approximate surface area is 181 Å². The first kappa shape index (κ1) is 21.1. The zero-order valence-electron chi connectivity index (χ0n) is 18.1. The van der Waals surface area contributed by atoms with E-state index in [0.717, 1.165) is 41.3 Å². The number of aromatic nitrogens is 3. The summed E-state index contributed by atoms with van der Waals surface area (Å²) in [7, 11) is 1.54. The first-order valence-corrected chi connectivity index (χ1v) is 10.7. The number of ether oxygens (including phenoxy) is 1. The molecule has 0 atom stereocenters. The highest BCUT2D eigenvalue weighted by Gasteiger charge is 2.26. The summed E-state index contributed by atoms with van der Waals surface area (Å²) < 4.78 is 8.37. The smallest absolute Gasteiger partial charge is 0.325 e. The van der Waals surface area contributed by atoms with Crippen LogP contribution < -0.4 is 14.8 Å². The number of hydrogen-bond acceptors (Lipinski definition) is 5. The number of aliphatic hydroxyl groups excluding tert-OH is 1. The van der Waals surface area contributed by atoms with Crippen LogP contribution in [0.4, 0.5) is 5.69 Å². The minimum absolute atomic E-state index is 0.0652. The van der Waals surface area contributed by atoms with Crippen LogP contribution in [0.3, 0.4) is 0 Å². The Morgan fingerprint density at radius 3 is 2.68 bits per heavy atom. The number of carbonyl (C=O) groups excluding carboxylic acids is 1. The van der Waals surface area contributed by atoms with Crippen LogP contribution in [0.25, 0.3) is 10.9 Å². The molecule has 0 radical (unpaired) electrons. The summed E-state index contributed by atoms with van der Waals surface area (Å²) in [6, 6.07) is 9.00. The van der Waals surface area contributed by atoms with E-state index in [1.807, 2.05) is 30.8 Å². The van der Waals surface area contributed by atoms with Crippen LogP contribution in [0, 0.1) is 0 Å². The molecule has 164 valence electrons. The molecule has 1 fully saturated rings. The molecule has 0 unspecified atom stereocenters. The van der Waals surface area contributed by atoms with Crippen LogP contribution in [-0.4, -0.2) is 39.2 Å². The van der Waals surface area contributed by atoms with E-state index in [1.165, 1.54) is 0 Å². The fraction of sp³-hybridized carbons (Fsp3) is 0.435. The number of aliphatic hydroxyl groups is 1. The molecule has 31 heavy (non-hydrogen) atoms. The van der Waals surface area contributed by atoms with Crippen molar-refractivity contribution < 1.29 is 24.6 Å². The van der Waals surface area contributed by atoms with Gasteiger partial charge in [0.25, 0.3) is 0 Å². The van der Waals surface area contributed by atoms with Gasteiger partial charge in [0.1, 0.15) is 5.75 Å². The highest BCUT2D eigenvalue weighted by molar-refractivity contribution is 6.04. The second kappa shape index (κ2) is 8.55. The lowest BCUT2D eigenvalue weighted by Gasteiger charge is -2.25. The topological polar surface area (TPSA) is 100 Å². The first-order valence-electron chi connectivity index (χ1n) is 10.7. The highest BCUT2D eigenvalue weighted by atomic mass is 16.5. The Morgan fingerprint density at radius 2 is 2.00 bits per heavy atom. The minimum atomic E-state index is -0.434. The standard InChI is InChI=1S/C23H28N4O4/c1-14(2)20-5-4-6-21(27(20)30)23(29)24-19-11-15-13-26(16-7-9-17(28)10-8-16)25-18(15)12-22(19)31-3/h4-6,11-14,16-17,28H,7-10H2,1-3H3,(H-,24,29,30)/p+1/t16-,17+. The van der Waals surface area contributed by atoms with Crippen LogP contribution >= 0.6 is 0 Å². The van der Waals surface area contributed by atoms with Crippen molar-refractivity contribution in [2.24, 2.45) is 0 Å². The molecule has 1 aliphatic rings. The summed E-state index contributed by atoms with van der Waals surface area (Å²) in [5, 5.41) is 28.7. The van der Waals surface area contributed by atoms with E-state index in [9.17, 15) is 15.1 Å². The van der Waals surface area contributed by atoms with Gasteiger partial charge >= 0.3 is 11.6 Å². The van der Waals surface area contributed by atoms with E-state index in [0.29, 0.717) is 17.1 Å². The van der Waals surface area contributed by atoms with E-state index in [4.69, 9.17) is 9.84 Å². The summed E-state index contributed by atoms with van der Waals surface area (Å²) in [5.41, 5.74) is 2.08. The average molecular weight is 426 g/mol. The van der Waals surface area contributed by atoms with Crippen LogP contribution in [-0.2, 0) is 0 Å². The van der Waals surface area contributed by atoms with Gasteiger partial charge in [-0.05, 0) is 37.8 Å². The number of pyridine rings is 1. The first-order chi connectivity index (χ1) is 14.9. The Balaban J connectivity index is 1.63. The zero-order valence-corrected chi connectivity index (χ0v) is 18.1. The molecule has 2 aromatic heterocycles. The van der Waals surface area contributed by atoms with Gasteiger partial charge in [-0.1, -0.05) is 13.8 Å². The Hall–Kier alpha value is -3.13. The number of amides is 1. The van der Waals surface area contributed by atoms with Crippen molar-refractivity contribution in [1.29, 1.82) is 0 Å². The highest BCUT2D eigenvalue weighted by Crippen LogP contribution is 2.33. The predicted octanol–water partition coefficient (Wildman–Crippen LogP) is 3.42. The second-order valence-electron chi connectivity index (χ2n) is 8.44. The molecular formula is C23H29N4O4+. The van der Waals surface area contributed by atoms with Gasteiger partial charge < -0.3 is 15.2 Å². The largest absolute Gasteiger partial charge is 0.494 e. The molecule has 1 aliphatic carbocycles. The molecule has 0 saturated heterocycles. The van der Waals surface area contributed by atoms with E-state index >= 15 is 0 Å². The molecule has 8 heteroatoms. The Morgan fingerprint density at radius 1 is 1.26 bits per heavy atom. The number of methoxy groups -OCH3 is 1. The molecule has 1 aromatic carbocycles. The summed E-state index contributed by atoms with van der Waals surface area (Å²) in [5.74, 6) is 0.126. The van der Waals surface area contributed by atoms with Crippen LogP contribution in [0.1, 0.15) is 67.7 Å². The maximum Gasteiger partial charge on any atom is 0.325 e. The van der Waals surface area contributed by atoms with Crippen LogP contribution in [0.2, 0.25) is 0 Å². The van der Waals surface area contributed by atoms with Crippen molar-refractivity contribution in [2.75, 3.05) is 12.4 Å². The maximum absolute atomic E-state index is 12.9. The normalized spacial score (nSPS) is 19.0. The third kappa shape index (κ3) is 4.20. The van der Waals surface area contributed by atoms with Crippen molar-refractivity contribution in [1.82, 2.24) is 9.78 Å². The van der Waals surface area contributed by atoms with Crippen molar-refractivity contribution in [3.05, 3.63) is 47.9 Å². The van der Waals surface area contributed by atoms with E-state index in [-0.39, 0.29) is 23.8 Å². The minimum Gasteiger partial charge on any atom is -0.494 e. The van der Waals surface area contributed by atoms with Crippen molar-refractivity contribution >= 4 is 22.5 Å². The molecule has 0 bridgehead atoms. The van der Waals surface area contributed by atoms with Crippen molar-refractivity contribution in [3.8, 4) is 5.75 Å². The van der Waals surface area contributed by atoms with Gasteiger partial charge in [0.2, 0.25) is 5.69 Å². The number of nitrogens with zero attached hydrogens (tertiary/aromatic N) is 3. The molecule has 0 aliphatic heterocycles. The molecule has 0 spiro atoms. The van der Waals surface area contributed by atoms with Gasteiger partial charge in [-0.25, -0.2) is 0 Å². The Kier molecular flexibility index (Phi) is 5.82.